The first-order valence-electron chi connectivity index (χ1n) is 12.6. The Kier molecular flexibility index (Phi) is 8.41. The van der Waals surface area contributed by atoms with Gasteiger partial charge in [-0.05, 0) is 41.3 Å². The summed E-state index contributed by atoms with van der Waals surface area (Å²) in [5, 5.41) is 0. The van der Waals surface area contributed by atoms with Crippen LogP contribution in [-0.2, 0) is 40.7 Å². The molecule has 38 heavy (non-hydrogen) atoms. The van der Waals surface area contributed by atoms with E-state index in [9.17, 15) is 22.4 Å². The van der Waals surface area contributed by atoms with E-state index in [0.29, 0.717) is 31.9 Å². The van der Waals surface area contributed by atoms with Crippen LogP contribution in [0.25, 0.3) is 0 Å². The van der Waals surface area contributed by atoms with Crippen molar-refractivity contribution in [3.05, 3.63) is 100 Å². The number of carbonyl (C=O) groups is 1. The summed E-state index contributed by atoms with van der Waals surface area (Å²) < 4.78 is 65.7. The van der Waals surface area contributed by atoms with Crippen molar-refractivity contribution in [2.24, 2.45) is 0 Å². The van der Waals surface area contributed by atoms with Gasteiger partial charge < -0.3 is 9.47 Å². The predicted molar refractivity (Wildman–Crippen MR) is 136 cm³/mol. The van der Waals surface area contributed by atoms with Gasteiger partial charge in [-0.1, -0.05) is 62.4 Å². The summed E-state index contributed by atoms with van der Waals surface area (Å²) in [6.45, 7) is 5.77. The van der Waals surface area contributed by atoms with Gasteiger partial charge in [-0.2, -0.15) is 13.2 Å². The molecule has 1 heterocycles. The SMILES string of the molecule is CC(C)(CN(CCCOc1ccc2c(c1)CC(=O)OC2)Cc1cccc(C(F)(F)F)c1F)c1ccccc1. The molecule has 0 aromatic heterocycles. The Morgan fingerprint density at radius 1 is 0.974 bits per heavy atom. The summed E-state index contributed by atoms with van der Waals surface area (Å²) in [6.07, 6.45) is -3.98. The zero-order valence-electron chi connectivity index (χ0n) is 21.5. The van der Waals surface area contributed by atoms with Gasteiger partial charge in [-0.15, -0.1) is 0 Å². The van der Waals surface area contributed by atoms with Gasteiger partial charge in [0.2, 0.25) is 0 Å². The molecule has 0 amide bonds. The van der Waals surface area contributed by atoms with Crippen LogP contribution >= 0.6 is 0 Å². The van der Waals surface area contributed by atoms with Crippen LogP contribution in [0.5, 0.6) is 5.75 Å². The Morgan fingerprint density at radius 2 is 1.74 bits per heavy atom. The van der Waals surface area contributed by atoms with Gasteiger partial charge in [0, 0.05) is 30.6 Å². The van der Waals surface area contributed by atoms with Crippen LogP contribution in [0.4, 0.5) is 17.6 Å². The van der Waals surface area contributed by atoms with Gasteiger partial charge >= 0.3 is 12.1 Å². The van der Waals surface area contributed by atoms with Crippen molar-refractivity contribution in [2.45, 2.75) is 51.4 Å². The molecule has 202 valence electrons. The van der Waals surface area contributed by atoms with Crippen LogP contribution in [0.15, 0.2) is 66.7 Å². The minimum absolute atomic E-state index is 0.00572. The molecule has 3 aromatic rings. The van der Waals surface area contributed by atoms with Gasteiger partial charge in [0.05, 0.1) is 18.6 Å². The molecule has 4 rings (SSSR count). The molecule has 0 fully saturated rings. The molecule has 0 radical (unpaired) electrons. The summed E-state index contributed by atoms with van der Waals surface area (Å²) in [6, 6.07) is 18.8. The number of esters is 1. The predicted octanol–water partition coefficient (Wildman–Crippen LogP) is 6.69. The Morgan fingerprint density at radius 3 is 2.47 bits per heavy atom. The van der Waals surface area contributed by atoms with Crippen molar-refractivity contribution >= 4 is 5.97 Å². The molecule has 8 heteroatoms. The maximum Gasteiger partial charge on any atom is 0.419 e. The molecule has 0 spiro atoms. The molecule has 0 saturated heterocycles. The highest BCUT2D eigenvalue weighted by atomic mass is 19.4. The molecular formula is C30H31F4NO3. The molecule has 0 aliphatic carbocycles. The molecule has 3 aromatic carbocycles. The first-order chi connectivity index (χ1) is 18.0. The van der Waals surface area contributed by atoms with Crippen LogP contribution in [0.3, 0.4) is 0 Å². The van der Waals surface area contributed by atoms with E-state index in [4.69, 9.17) is 9.47 Å². The number of ether oxygens (including phenoxy) is 2. The van der Waals surface area contributed by atoms with Crippen LogP contribution in [0.1, 0.15) is 48.1 Å². The van der Waals surface area contributed by atoms with Gasteiger partial charge in [0.1, 0.15) is 18.2 Å². The number of halogens is 4. The lowest BCUT2D eigenvalue weighted by atomic mass is 9.84. The zero-order chi connectivity index (χ0) is 27.3. The van der Waals surface area contributed by atoms with Crippen LogP contribution in [0.2, 0.25) is 0 Å². The van der Waals surface area contributed by atoms with Crippen molar-refractivity contribution in [1.29, 1.82) is 0 Å². The average molecular weight is 530 g/mol. The van der Waals surface area contributed by atoms with Crippen molar-refractivity contribution in [1.82, 2.24) is 4.90 Å². The second kappa shape index (κ2) is 11.6. The minimum atomic E-state index is -4.76. The molecule has 0 bridgehead atoms. The molecule has 1 aliphatic heterocycles. The Balaban J connectivity index is 1.45. The monoisotopic (exact) mass is 529 g/mol. The van der Waals surface area contributed by atoms with Gasteiger partial charge in [0.15, 0.2) is 0 Å². The van der Waals surface area contributed by atoms with Crippen molar-refractivity contribution < 1.29 is 31.8 Å². The third-order valence-corrected chi connectivity index (χ3v) is 6.74. The number of rotatable bonds is 10. The van der Waals surface area contributed by atoms with E-state index in [1.807, 2.05) is 53.4 Å². The third-order valence-electron chi connectivity index (χ3n) is 6.74. The molecule has 4 nitrogen and oxygen atoms in total. The number of benzene rings is 3. The standard InChI is InChI=1S/C30H31F4NO3/c1-29(2,24-9-4-3-5-10-24)20-35(18-21-8-6-11-26(28(21)31)30(32,33)34)14-7-15-37-25-13-12-22-19-38-27(36)17-23(22)16-25/h3-6,8-13,16H,7,14-15,17-20H2,1-2H3. The third kappa shape index (κ3) is 6.92. The van der Waals surface area contributed by atoms with E-state index in [1.165, 1.54) is 12.1 Å². The fraction of sp³-hybridized carbons (Fsp3) is 0.367. The number of cyclic esters (lactones) is 1. The first kappa shape index (κ1) is 27.6. The molecule has 0 unspecified atom stereocenters. The molecule has 0 saturated carbocycles. The van der Waals surface area contributed by atoms with Gasteiger partial charge in [-0.25, -0.2) is 4.39 Å². The molecule has 0 atom stereocenters. The lowest BCUT2D eigenvalue weighted by Crippen LogP contribution is -2.38. The minimum Gasteiger partial charge on any atom is -0.494 e. The number of hydrogen-bond donors (Lipinski definition) is 0. The smallest absolute Gasteiger partial charge is 0.419 e. The highest BCUT2D eigenvalue weighted by Gasteiger charge is 2.35. The quantitative estimate of drug-likeness (QED) is 0.167. The normalized spacial score (nSPS) is 13.8. The largest absolute Gasteiger partial charge is 0.494 e. The zero-order valence-corrected chi connectivity index (χ0v) is 21.5. The Labute approximate surface area is 220 Å². The van der Waals surface area contributed by atoms with Crippen molar-refractivity contribution in [3.8, 4) is 5.75 Å². The second-order valence-electron chi connectivity index (χ2n) is 10.2. The van der Waals surface area contributed by atoms with E-state index in [1.54, 1.807) is 0 Å². The number of nitrogens with zero attached hydrogens (tertiary/aromatic N) is 1. The van der Waals surface area contributed by atoms with Crippen molar-refractivity contribution in [3.63, 3.8) is 0 Å². The lowest BCUT2D eigenvalue weighted by molar-refractivity contribution is -0.145. The Bertz CT molecular complexity index is 1260. The molecule has 0 N–H and O–H groups in total. The van der Waals surface area contributed by atoms with E-state index in [2.05, 4.69) is 13.8 Å². The Hall–Kier alpha value is -3.39. The highest BCUT2D eigenvalue weighted by Crippen LogP contribution is 2.33. The van der Waals surface area contributed by atoms with E-state index in [-0.39, 0.29) is 36.5 Å². The van der Waals surface area contributed by atoms with E-state index >= 15 is 0 Å². The fourth-order valence-corrected chi connectivity index (χ4v) is 4.76. The topological polar surface area (TPSA) is 38.8 Å². The first-order valence-corrected chi connectivity index (χ1v) is 12.6. The summed E-state index contributed by atoms with van der Waals surface area (Å²) in [7, 11) is 0. The summed E-state index contributed by atoms with van der Waals surface area (Å²) in [5.41, 5.74) is 1.34. The molecular weight excluding hydrogens is 498 g/mol. The van der Waals surface area contributed by atoms with Crippen molar-refractivity contribution in [2.75, 3.05) is 19.7 Å². The van der Waals surface area contributed by atoms with E-state index in [0.717, 1.165) is 22.8 Å². The average Bonchev–Trinajstić information content (AvgIpc) is 2.87. The summed E-state index contributed by atoms with van der Waals surface area (Å²) in [5.74, 6) is -0.863. The maximum atomic E-state index is 14.9. The lowest BCUT2D eigenvalue weighted by Gasteiger charge is -2.33. The number of alkyl halides is 3. The van der Waals surface area contributed by atoms with Gasteiger partial charge in [0.25, 0.3) is 0 Å². The fourth-order valence-electron chi connectivity index (χ4n) is 4.76. The maximum absolute atomic E-state index is 14.9. The van der Waals surface area contributed by atoms with Crippen LogP contribution in [0, 0.1) is 5.82 Å². The number of hydrogen-bond acceptors (Lipinski definition) is 4. The summed E-state index contributed by atoms with van der Waals surface area (Å²) in [4.78, 5) is 13.6. The van der Waals surface area contributed by atoms with E-state index < -0.39 is 17.6 Å². The highest BCUT2D eigenvalue weighted by molar-refractivity contribution is 5.74. The second-order valence-corrected chi connectivity index (χ2v) is 10.2. The van der Waals surface area contributed by atoms with Crippen LogP contribution < -0.4 is 4.74 Å². The summed E-state index contributed by atoms with van der Waals surface area (Å²) >= 11 is 0. The van der Waals surface area contributed by atoms with Crippen LogP contribution in [-0.4, -0.2) is 30.6 Å². The molecule has 1 aliphatic rings. The van der Waals surface area contributed by atoms with Gasteiger partial charge in [-0.3, -0.25) is 9.69 Å². The number of fused-ring (bicyclic) bond motifs is 1. The number of carbonyl (C=O) groups excluding carboxylic acids is 1.